The van der Waals surface area contributed by atoms with Crippen molar-refractivity contribution >= 4 is 11.9 Å². The van der Waals surface area contributed by atoms with Gasteiger partial charge in [0, 0.05) is 36.6 Å². The Balaban J connectivity index is 1.41. The Morgan fingerprint density at radius 3 is 2.62 bits per heavy atom. The molecule has 0 saturated heterocycles. The van der Waals surface area contributed by atoms with Crippen molar-refractivity contribution in [3.8, 4) is 11.3 Å². The number of aryl methyl sites for hydroxylation is 1. The molecule has 2 N–H and O–H groups in total. The van der Waals surface area contributed by atoms with Crippen LogP contribution in [0, 0.1) is 0 Å². The summed E-state index contributed by atoms with van der Waals surface area (Å²) in [5.74, 6) is -1.34. The lowest BCUT2D eigenvalue weighted by atomic mass is 10.1. The first-order valence-corrected chi connectivity index (χ1v) is 9.59. The van der Waals surface area contributed by atoms with Crippen molar-refractivity contribution in [2.24, 2.45) is 0 Å². The third-order valence-electron chi connectivity index (χ3n) is 4.71. The first kappa shape index (κ1) is 20.3. The van der Waals surface area contributed by atoms with Crippen LogP contribution in [-0.4, -0.2) is 50.7 Å². The molecule has 0 unspecified atom stereocenters. The monoisotopic (exact) mass is 392 g/mol. The molecule has 1 aromatic carbocycles. The highest BCUT2D eigenvalue weighted by Crippen LogP contribution is 2.18. The van der Waals surface area contributed by atoms with Crippen LogP contribution >= 0.6 is 0 Å². The molecule has 0 aliphatic heterocycles. The summed E-state index contributed by atoms with van der Waals surface area (Å²) < 4.78 is 0. The maximum absolute atomic E-state index is 12.4. The van der Waals surface area contributed by atoms with Crippen LogP contribution in [0.3, 0.4) is 0 Å². The lowest BCUT2D eigenvalue weighted by molar-refractivity contribution is 0.0690. The van der Waals surface area contributed by atoms with Crippen molar-refractivity contribution < 1.29 is 14.7 Å². The molecule has 0 saturated carbocycles. The number of aromatic amines is 1. The summed E-state index contributed by atoms with van der Waals surface area (Å²) >= 11 is 0. The number of unbranched alkanes of at least 4 members (excludes halogenated alkanes) is 2. The van der Waals surface area contributed by atoms with E-state index in [1.54, 1.807) is 11.9 Å². The summed E-state index contributed by atoms with van der Waals surface area (Å²) in [6.07, 6.45) is 5.10. The number of aromatic nitrogens is 3. The molecule has 0 aliphatic carbocycles. The number of H-pyrrole nitrogens is 1. The predicted octanol–water partition coefficient (Wildman–Crippen LogP) is 3.65. The smallest absolute Gasteiger partial charge is 0.354 e. The van der Waals surface area contributed by atoms with Crippen molar-refractivity contribution in [1.82, 2.24) is 20.1 Å². The van der Waals surface area contributed by atoms with E-state index in [2.05, 4.69) is 21.2 Å². The fraction of sp³-hybridized carbons (Fsp3) is 0.273. The second kappa shape index (κ2) is 9.64. The van der Waals surface area contributed by atoms with Gasteiger partial charge in [0.1, 0.15) is 5.69 Å². The molecule has 150 valence electrons. The number of rotatable bonds is 9. The van der Waals surface area contributed by atoms with Crippen molar-refractivity contribution in [3.63, 3.8) is 0 Å². The molecule has 1 amide bonds. The Labute approximate surface area is 169 Å². The quantitative estimate of drug-likeness (QED) is 0.542. The van der Waals surface area contributed by atoms with Gasteiger partial charge in [0.2, 0.25) is 0 Å². The van der Waals surface area contributed by atoms with E-state index < -0.39 is 5.97 Å². The summed E-state index contributed by atoms with van der Waals surface area (Å²) in [6, 6.07) is 15.0. The van der Waals surface area contributed by atoms with Crippen LogP contribution in [0.5, 0.6) is 0 Å². The Morgan fingerprint density at radius 2 is 1.86 bits per heavy atom. The molecule has 7 nitrogen and oxygen atoms in total. The molecular formula is C22H24N4O3. The number of nitrogens with zero attached hydrogens (tertiary/aromatic N) is 3. The van der Waals surface area contributed by atoms with Crippen LogP contribution < -0.4 is 0 Å². The molecular weight excluding hydrogens is 368 g/mol. The number of carboxylic acids is 1. The van der Waals surface area contributed by atoms with Gasteiger partial charge in [0.05, 0.1) is 5.69 Å². The highest BCUT2D eigenvalue weighted by atomic mass is 16.4. The summed E-state index contributed by atoms with van der Waals surface area (Å²) in [4.78, 5) is 28.8. The van der Waals surface area contributed by atoms with E-state index in [1.807, 2.05) is 30.3 Å². The highest BCUT2D eigenvalue weighted by molar-refractivity contribution is 5.96. The van der Waals surface area contributed by atoms with Crippen molar-refractivity contribution in [2.75, 3.05) is 13.6 Å². The highest BCUT2D eigenvalue weighted by Gasteiger charge is 2.14. The van der Waals surface area contributed by atoms with Crippen LogP contribution in [0.4, 0.5) is 0 Å². The van der Waals surface area contributed by atoms with Crippen LogP contribution in [0.2, 0.25) is 0 Å². The maximum Gasteiger partial charge on any atom is 0.354 e. The second-order valence-corrected chi connectivity index (χ2v) is 6.92. The van der Waals surface area contributed by atoms with Gasteiger partial charge in [-0.25, -0.2) is 9.78 Å². The standard InChI is InChI=1S/C22H24N4O3/c1-26(21(27)17-11-12-23-20(14-17)22(28)29)13-7-3-6-10-18-15-19(25-24-18)16-8-4-2-5-9-16/h2,4-5,8-9,11-12,14-15H,3,6-7,10,13H2,1H3,(H,24,25)(H,28,29). The molecule has 0 spiro atoms. The number of nitrogens with one attached hydrogen (secondary N) is 1. The van der Waals surface area contributed by atoms with E-state index in [9.17, 15) is 9.59 Å². The summed E-state index contributed by atoms with van der Waals surface area (Å²) in [6.45, 7) is 0.613. The zero-order chi connectivity index (χ0) is 20.6. The zero-order valence-electron chi connectivity index (χ0n) is 16.3. The molecule has 7 heteroatoms. The molecule has 0 atom stereocenters. The first-order chi connectivity index (χ1) is 14.0. The number of amides is 1. The van der Waals surface area contributed by atoms with Crippen molar-refractivity contribution in [1.29, 1.82) is 0 Å². The molecule has 3 rings (SSSR count). The number of carbonyl (C=O) groups is 2. The maximum atomic E-state index is 12.4. The molecule has 0 radical (unpaired) electrons. The average Bonchev–Trinajstić information content (AvgIpc) is 3.22. The normalized spacial score (nSPS) is 10.7. The van der Waals surface area contributed by atoms with Gasteiger partial charge in [-0.3, -0.25) is 9.89 Å². The number of carbonyl (C=O) groups excluding carboxylic acids is 1. The largest absolute Gasteiger partial charge is 0.477 e. The zero-order valence-corrected chi connectivity index (χ0v) is 16.3. The minimum atomic E-state index is -1.14. The van der Waals surface area contributed by atoms with E-state index >= 15 is 0 Å². The number of benzene rings is 1. The molecule has 3 aromatic rings. The van der Waals surface area contributed by atoms with Crippen molar-refractivity contribution in [3.05, 3.63) is 71.7 Å². The van der Waals surface area contributed by atoms with Gasteiger partial charge in [-0.1, -0.05) is 36.8 Å². The van der Waals surface area contributed by atoms with E-state index in [0.29, 0.717) is 12.1 Å². The summed E-state index contributed by atoms with van der Waals surface area (Å²) in [7, 11) is 1.73. The molecule has 29 heavy (non-hydrogen) atoms. The van der Waals surface area contributed by atoms with E-state index in [0.717, 1.165) is 42.6 Å². The number of aromatic carboxylic acids is 1. The lowest BCUT2D eigenvalue weighted by Crippen LogP contribution is -2.28. The second-order valence-electron chi connectivity index (χ2n) is 6.92. The van der Waals surface area contributed by atoms with Gasteiger partial charge in [-0.15, -0.1) is 0 Å². The number of hydrogen-bond acceptors (Lipinski definition) is 4. The third kappa shape index (κ3) is 5.51. The molecule has 0 fully saturated rings. The molecule has 2 aromatic heterocycles. The fourth-order valence-electron chi connectivity index (χ4n) is 3.09. The van der Waals surface area contributed by atoms with Crippen LogP contribution in [-0.2, 0) is 6.42 Å². The van der Waals surface area contributed by atoms with E-state index in [1.165, 1.54) is 18.3 Å². The molecule has 2 heterocycles. The SMILES string of the molecule is CN(CCCCCc1cc(-c2ccccc2)n[nH]1)C(=O)c1ccnc(C(=O)O)c1. The van der Waals surface area contributed by atoms with Gasteiger partial charge in [-0.2, -0.15) is 5.10 Å². The average molecular weight is 392 g/mol. The fourth-order valence-corrected chi connectivity index (χ4v) is 3.09. The molecule has 0 aliphatic rings. The van der Waals surface area contributed by atoms with Crippen molar-refractivity contribution in [2.45, 2.75) is 25.7 Å². The summed E-state index contributed by atoms with van der Waals surface area (Å²) in [5.41, 5.74) is 3.36. The van der Waals surface area contributed by atoms with Gasteiger partial charge < -0.3 is 10.0 Å². The Hall–Kier alpha value is -3.48. The predicted molar refractivity (Wildman–Crippen MR) is 110 cm³/mol. The van der Waals surface area contributed by atoms with Crippen LogP contribution in [0.1, 0.15) is 45.8 Å². The lowest BCUT2D eigenvalue weighted by Gasteiger charge is -2.17. The van der Waals surface area contributed by atoms with Gasteiger partial charge in [0.15, 0.2) is 0 Å². The number of pyridine rings is 1. The third-order valence-corrected chi connectivity index (χ3v) is 4.71. The van der Waals surface area contributed by atoms with Gasteiger partial charge in [0.25, 0.3) is 5.91 Å². The minimum Gasteiger partial charge on any atom is -0.477 e. The van der Waals surface area contributed by atoms with Gasteiger partial charge >= 0.3 is 5.97 Å². The minimum absolute atomic E-state index is 0.126. The Bertz CT molecular complexity index is 969. The number of hydrogen-bond donors (Lipinski definition) is 2. The van der Waals surface area contributed by atoms with E-state index in [-0.39, 0.29) is 11.6 Å². The van der Waals surface area contributed by atoms with Crippen LogP contribution in [0.15, 0.2) is 54.7 Å². The summed E-state index contributed by atoms with van der Waals surface area (Å²) in [5, 5.41) is 16.5. The molecule has 0 bridgehead atoms. The Kier molecular flexibility index (Phi) is 6.73. The first-order valence-electron chi connectivity index (χ1n) is 9.59. The Morgan fingerprint density at radius 1 is 1.07 bits per heavy atom. The number of carboxylic acid groups (broad SMARTS) is 1. The van der Waals surface area contributed by atoms with E-state index in [4.69, 9.17) is 5.11 Å². The van der Waals surface area contributed by atoms with Gasteiger partial charge in [-0.05, 0) is 37.5 Å². The topological polar surface area (TPSA) is 99.2 Å². The van der Waals surface area contributed by atoms with Crippen LogP contribution in [0.25, 0.3) is 11.3 Å².